The third-order valence-electron chi connectivity index (χ3n) is 5.20. The molecule has 1 aliphatic rings. The molecule has 2 heterocycles. The van der Waals surface area contributed by atoms with E-state index in [1.54, 1.807) is 0 Å². The lowest BCUT2D eigenvalue weighted by Gasteiger charge is -2.31. The van der Waals surface area contributed by atoms with Crippen LogP contribution in [0.1, 0.15) is 28.9 Å². The lowest BCUT2D eigenvalue weighted by Crippen LogP contribution is -2.41. The summed E-state index contributed by atoms with van der Waals surface area (Å²) in [5.41, 5.74) is 2.58. The van der Waals surface area contributed by atoms with Crippen molar-refractivity contribution in [3.8, 4) is 0 Å². The van der Waals surface area contributed by atoms with Gasteiger partial charge >= 0.3 is 5.97 Å². The number of rotatable bonds is 6. The third kappa shape index (κ3) is 4.69. The Morgan fingerprint density at radius 1 is 1.26 bits per heavy atom. The Balaban J connectivity index is 1.57. The predicted molar refractivity (Wildman–Crippen MR) is 105 cm³/mol. The van der Waals surface area contributed by atoms with Crippen LogP contribution in [0.4, 0.5) is 0 Å². The number of likely N-dealkylation sites (tertiary alicyclic amines) is 1. The van der Waals surface area contributed by atoms with Gasteiger partial charge < -0.3 is 14.2 Å². The molecular formula is C19H27N3O4S. The maximum Gasteiger partial charge on any atom is 0.340 e. The minimum Gasteiger partial charge on any atom is -0.459 e. The van der Waals surface area contributed by atoms with Crippen LogP contribution in [0.25, 0.3) is 10.9 Å². The Labute approximate surface area is 160 Å². The van der Waals surface area contributed by atoms with E-state index >= 15 is 0 Å². The van der Waals surface area contributed by atoms with E-state index in [4.69, 9.17) is 4.74 Å². The number of hydrogen-bond acceptors (Lipinski definition) is 5. The van der Waals surface area contributed by atoms with Gasteiger partial charge in [0.15, 0.2) is 0 Å². The second-order valence-electron chi connectivity index (χ2n) is 7.15. The largest absolute Gasteiger partial charge is 0.459 e. The second-order valence-corrected chi connectivity index (χ2v) is 8.98. The van der Waals surface area contributed by atoms with Crippen LogP contribution in [0.3, 0.4) is 0 Å². The number of esters is 1. The van der Waals surface area contributed by atoms with Crippen molar-refractivity contribution in [2.45, 2.75) is 25.9 Å². The van der Waals surface area contributed by atoms with Crippen molar-refractivity contribution >= 4 is 26.9 Å². The highest BCUT2D eigenvalue weighted by Gasteiger charge is 2.26. The Bertz CT molecular complexity index is 928. The number of fused-ring (bicyclic) bond motifs is 1. The minimum atomic E-state index is -3.15. The smallest absolute Gasteiger partial charge is 0.340 e. The van der Waals surface area contributed by atoms with Crippen molar-refractivity contribution in [2.24, 2.45) is 7.05 Å². The number of ether oxygens (including phenoxy) is 1. The van der Waals surface area contributed by atoms with Gasteiger partial charge in [-0.25, -0.2) is 17.9 Å². The lowest BCUT2D eigenvalue weighted by molar-refractivity contribution is 0.0117. The van der Waals surface area contributed by atoms with Crippen LogP contribution in [-0.4, -0.2) is 62.4 Å². The number of carbonyl (C=O) groups excluding carboxylic acids is 1. The quantitative estimate of drug-likeness (QED) is 0.755. The van der Waals surface area contributed by atoms with Crippen LogP contribution in [0.15, 0.2) is 24.3 Å². The number of sulfonamides is 1. The summed E-state index contributed by atoms with van der Waals surface area (Å²) < 4.78 is 32.5. The molecule has 3 rings (SSSR count). The summed E-state index contributed by atoms with van der Waals surface area (Å²) in [5, 5.41) is 0.923. The normalized spacial score (nSPS) is 16.7. The van der Waals surface area contributed by atoms with Gasteiger partial charge in [-0.3, -0.25) is 0 Å². The molecule has 0 saturated carbocycles. The Hall–Kier alpha value is -1.90. The van der Waals surface area contributed by atoms with E-state index in [9.17, 15) is 13.2 Å². The zero-order chi connectivity index (χ0) is 19.6. The molecule has 7 nitrogen and oxygen atoms in total. The Morgan fingerprint density at radius 2 is 1.93 bits per heavy atom. The summed E-state index contributed by atoms with van der Waals surface area (Å²) in [6, 6.07) is 7.85. The second kappa shape index (κ2) is 8.00. The third-order valence-corrected chi connectivity index (χ3v) is 5.93. The maximum atomic E-state index is 12.8. The highest BCUT2D eigenvalue weighted by atomic mass is 32.2. The molecule has 0 atom stereocenters. The van der Waals surface area contributed by atoms with Crippen LogP contribution in [0.5, 0.6) is 0 Å². The number of nitrogens with one attached hydrogen (secondary N) is 1. The van der Waals surface area contributed by atoms with Gasteiger partial charge in [-0.2, -0.15) is 0 Å². The first-order valence-electron chi connectivity index (χ1n) is 9.18. The Morgan fingerprint density at radius 3 is 2.59 bits per heavy atom. The summed E-state index contributed by atoms with van der Waals surface area (Å²) in [6.07, 6.45) is 2.58. The molecule has 148 valence electrons. The van der Waals surface area contributed by atoms with E-state index in [1.165, 1.54) is 0 Å². The van der Waals surface area contributed by atoms with Crippen molar-refractivity contribution < 1.29 is 17.9 Å². The monoisotopic (exact) mass is 393 g/mol. The standard InChI is InChI=1S/C19H27N3O4S/c1-14-18(16-6-4-5-7-17(16)21(14)2)19(23)26-15-8-11-22(12-9-15)13-10-20-27(3,24)25/h4-7,15,20H,8-13H2,1-3H3. The molecule has 1 aromatic carbocycles. The van der Waals surface area contributed by atoms with E-state index in [2.05, 4.69) is 9.62 Å². The highest BCUT2D eigenvalue weighted by Crippen LogP contribution is 2.26. The molecule has 0 unspecified atom stereocenters. The number of carbonyl (C=O) groups is 1. The van der Waals surface area contributed by atoms with Gasteiger partial charge in [0.25, 0.3) is 0 Å². The van der Waals surface area contributed by atoms with Crippen LogP contribution in [0, 0.1) is 6.92 Å². The fraction of sp³-hybridized carbons (Fsp3) is 0.526. The van der Waals surface area contributed by atoms with Gasteiger partial charge in [0.2, 0.25) is 10.0 Å². The predicted octanol–water partition coefficient (Wildman–Crippen LogP) is 1.66. The zero-order valence-electron chi connectivity index (χ0n) is 16.1. The first-order chi connectivity index (χ1) is 12.8. The summed E-state index contributed by atoms with van der Waals surface area (Å²) in [4.78, 5) is 15.0. The van der Waals surface area contributed by atoms with Gasteiger partial charge in [0.05, 0.1) is 11.8 Å². The summed E-state index contributed by atoms with van der Waals surface area (Å²) >= 11 is 0. The first-order valence-corrected chi connectivity index (χ1v) is 11.1. The average Bonchev–Trinajstić information content (AvgIpc) is 2.87. The zero-order valence-corrected chi connectivity index (χ0v) is 16.9. The fourth-order valence-corrected chi connectivity index (χ4v) is 4.09. The molecular weight excluding hydrogens is 366 g/mol. The number of nitrogens with zero attached hydrogens (tertiary/aromatic N) is 2. The minimum absolute atomic E-state index is 0.102. The van der Waals surface area contributed by atoms with Crippen LogP contribution < -0.4 is 4.72 Å². The van der Waals surface area contributed by atoms with Gasteiger partial charge in [0.1, 0.15) is 6.10 Å². The highest BCUT2D eigenvalue weighted by molar-refractivity contribution is 7.88. The van der Waals surface area contributed by atoms with Crippen molar-refractivity contribution in [2.75, 3.05) is 32.4 Å². The number of aromatic nitrogens is 1. The first kappa shape index (κ1) is 19.9. The Kier molecular flexibility index (Phi) is 5.88. The molecule has 1 fully saturated rings. The molecule has 0 radical (unpaired) electrons. The molecule has 0 bridgehead atoms. The summed E-state index contributed by atoms with van der Waals surface area (Å²) in [5.74, 6) is -0.263. The van der Waals surface area contributed by atoms with E-state index in [-0.39, 0.29) is 12.1 Å². The topological polar surface area (TPSA) is 80.6 Å². The van der Waals surface area contributed by atoms with Crippen LogP contribution in [-0.2, 0) is 21.8 Å². The number of para-hydroxylation sites is 1. The number of piperidine rings is 1. The van der Waals surface area contributed by atoms with Gasteiger partial charge in [-0.05, 0) is 25.8 Å². The van der Waals surface area contributed by atoms with E-state index in [0.29, 0.717) is 18.7 Å². The number of aryl methyl sites for hydroxylation is 1. The molecule has 2 aromatic rings. The van der Waals surface area contributed by atoms with Crippen molar-refractivity contribution in [1.82, 2.24) is 14.2 Å². The van der Waals surface area contributed by atoms with E-state index in [1.807, 2.05) is 42.8 Å². The van der Waals surface area contributed by atoms with Crippen molar-refractivity contribution in [3.05, 3.63) is 35.5 Å². The van der Waals surface area contributed by atoms with Crippen LogP contribution in [0.2, 0.25) is 0 Å². The molecule has 8 heteroatoms. The van der Waals surface area contributed by atoms with Crippen molar-refractivity contribution in [3.63, 3.8) is 0 Å². The number of hydrogen-bond donors (Lipinski definition) is 1. The maximum absolute atomic E-state index is 12.8. The SMILES string of the molecule is Cc1c(C(=O)OC2CCN(CCNS(C)(=O)=O)CC2)c2ccccc2n1C. The molecule has 27 heavy (non-hydrogen) atoms. The molecule has 0 aliphatic carbocycles. The van der Waals surface area contributed by atoms with E-state index < -0.39 is 10.0 Å². The molecule has 1 aliphatic heterocycles. The van der Waals surface area contributed by atoms with Gasteiger partial charge in [-0.1, -0.05) is 18.2 Å². The van der Waals surface area contributed by atoms with Gasteiger partial charge in [0, 0.05) is 49.8 Å². The molecule has 1 saturated heterocycles. The average molecular weight is 394 g/mol. The fourth-order valence-electron chi connectivity index (χ4n) is 3.63. The molecule has 0 amide bonds. The lowest BCUT2D eigenvalue weighted by atomic mass is 10.1. The molecule has 1 aromatic heterocycles. The molecule has 1 N–H and O–H groups in total. The number of benzene rings is 1. The van der Waals surface area contributed by atoms with Gasteiger partial charge in [-0.15, -0.1) is 0 Å². The van der Waals surface area contributed by atoms with E-state index in [0.717, 1.165) is 48.8 Å². The summed E-state index contributed by atoms with van der Waals surface area (Å²) in [7, 11) is -1.19. The molecule has 0 spiro atoms. The van der Waals surface area contributed by atoms with Crippen LogP contribution >= 0.6 is 0 Å². The van der Waals surface area contributed by atoms with Crippen molar-refractivity contribution in [1.29, 1.82) is 0 Å². The summed E-state index contributed by atoms with van der Waals surface area (Å²) in [6.45, 7) is 4.58.